The lowest BCUT2D eigenvalue weighted by atomic mass is 10.3. The molecule has 0 saturated carbocycles. The molecule has 2 rings (SSSR count). The molecule has 0 N–H and O–H groups in total. The third-order valence-corrected chi connectivity index (χ3v) is 6.87. The molecule has 0 aromatic heterocycles. The van der Waals surface area contributed by atoms with Crippen molar-refractivity contribution in [3.63, 3.8) is 0 Å². The van der Waals surface area contributed by atoms with Gasteiger partial charge in [-0.2, -0.15) is 0 Å². The van der Waals surface area contributed by atoms with Gasteiger partial charge >= 0.3 is 0 Å². The van der Waals surface area contributed by atoms with E-state index in [2.05, 4.69) is 67.6 Å². The number of unbranched alkanes of at least 4 members (excludes halogenated alkanes) is 2. The van der Waals surface area contributed by atoms with E-state index in [0.717, 1.165) is 0 Å². The van der Waals surface area contributed by atoms with Crippen LogP contribution >= 0.6 is 0 Å². The fourth-order valence-corrected chi connectivity index (χ4v) is 5.62. The minimum atomic E-state index is -0.982. The molecule has 0 saturated heterocycles. The van der Waals surface area contributed by atoms with E-state index in [0.29, 0.717) is 0 Å². The zero-order valence-corrected chi connectivity index (χ0v) is 12.3. The predicted molar refractivity (Wildman–Crippen MR) is 83.6 cm³/mol. The average Bonchev–Trinajstić information content (AvgIpc) is 2.46. The predicted octanol–water partition coefficient (Wildman–Crippen LogP) is 3.22. The quantitative estimate of drug-likeness (QED) is 0.548. The second-order valence-corrected chi connectivity index (χ2v) is 7.89. The summed E-state index contributed by atoms with van der Waals surface area (Å²) < 4.78 is 0. The van der Waals surface area contributed by atoms with Crippen LogP contribution in [0, 0.1) is 0 Å². The van der Waals surface area contributed by atoms with Gasteiger partial charge in [-0.05, 0) is 0 Å². The van der Waals surface area contributed by atoms with Crippen LogP contribution in [0.3, 0.4) is 0 Å². The summed E-state index contributed by atoms with van der Waals surface area (Å²) in [6.45, 7) is 2.28. The molecule has 0 fully saturated rings. The summed E-state index contributed by atoms with van der Waals surface area (Å²) in [5.74, 6) is 0. The summed E-state index contributed by atoms with van der Waals surface area (Å²) in [7, 11) is -0.982. The van der Waals surface area contributed by atoms with E-state index in [1.807, 2.05) is 0 Å². The van der Waals surface area contributed by atoms with Crippen LogP contribution in [0.15, 0.2) is 60.7 Å². The van der Waals surface area contributed by atoms with Gasteiger partial charge in [0.1, 0.15) is 8.80 Å². The molecular formula is C17H22Si. The summed E-state index contributed by atoms with van der Waals surface area (Å²) in [4.78, 5) is 0. The summed E-state index contributed by atoms with van der Waals surface area (Å²) in [6, 6.07) is 23.6. The first kappa shape index (κ1) is 13.1. The van der Waals surface area contributed by atoms with Crippen molar-refractivity contribution >= 4 is 19.2 Å². The molecule has 0 unspecified atom stereocenters. The molecule has 0 aliphatic rings. The highest BCUT2D eigenvalue weighted by Crippen LogP contribution is 2.05. The van der Waals surface area contributed by atoms with Gasteiger partial charge in [-0.25, -0.2) is 0 Å². The molecule has 0 amide bonds. The molecular weight excluding hydrogens is 232 g/mol. The lowest BCUT2D eigenvalue weighted by molar-refractivity contribution is 0.768. The standard InChI is InChI=1S/C17H22Si/c1-2-3-10-15-18(16-11-6-4-7-12-16)17-13-8-5-9-14-17/h4-9,11-14,18H,2-3,10,15H2,1H3. The molecule has 0 atom stereocenters. The Labute approximate surface area is 112 Å². The average molecular weight is 254 g/mol. The number of benzene rings is 2. The van der Waals surface area contributed by atoms with Crippen molar-refractivity contribution < 1.29 is 0 Å². The van der Waals surface area contributed by atoms with Crippen molar-refractivity contribution in [3.8, 4) is 0 Å². The first-order valence-corrected chi connectivity index (χ1v) is 8.99. The molecule has 94 valence electrons. The Morgan fingerprint density at radius 3 is 1.67 bits per heavy atom. The molecule has 18 heavy (non-hydrogen) atoms. The van der Waals surface area contributed by atoms with Gasteiger partial charge in [0.05, 0.1) is 0 Å². The topological polar surface area (TPSA) is 0 Å². The van der Waals surface area contributed by atoms with E-state index in [9.17, 15) is 0 Å². The van der Waals surface area contributed by atoms with Crippen LogP contribution in [0.4, 0.5) is 0 Å². The maximum absolute atomic E-state index is 2.32. The molecule has 0 bridgehead atoms. The van der Waals surface area contributed by atoms with Crippen molar-refractivity contribution in [2.75, 3.05) is 0 Å². The minimum absolute atomic E-state index is 0.982. The zero-order valence-electron chi connectivity index (χ0n) is 11.2. The Balaban J connectivity index is 2.18. The summed E-state index contributed by atoms with van der Waals surface area (Å²) in [5.41, 5.74) is 0. The maximum Gasteiger partial charge on any atom is 0.103 e. The molecule has 0 spiro atoms. The van der Waals surface area contributed by atoms with E-state index in [4.69, 9.17) is 0 Å². The Morgan fingerprint density at radius 2 is 1.22 bits per heavy atom. The first-order chi connectivity index (χ1) is 8.92. The number of hydrogen-bond acceptors (Lipinski definition) is 0. The van der Waals surface area contributed by atoms with E-state index in [-0.39, 0.29) is 0 Å². The van der Waals surface area contributed by atoms with Crippen LogP contribution in [-0.4, -0.2) is 8.80 Å². The monoisotopic (exact) mass is 254 g/mol. The van der Waals surface area contributed by atoms with Gasteiger partial charge in [0.15, 0.2) is 0 Å². The van der Waals surface area contributed by atoms with Gasteiger partial charge in [0, 0.05) is 0 Å². The Hall–Kier alpha value is -1.34. The van der Waals surface area contributed by atoms with Crippen molar-refractivity contribution in [3.05, 3.63) is 60.7 Å². The van der Waals surface area contributed by atoms with Gasteiger partial charge < -0.3 is 0 Å². The number of hydrogen-bond donors (Lipinski definition) is 0. The zero-order chi connectivity index (χ0) is 12.6. The van der Waals surface area contributed by atoms with Gasteiger partial charge in [-0.1, -0.05) is 103 Å². The van der Waals surface area contributed by atoms with Crippen LogP contribution in [-0.2, 0) is 0 Å². The van der Waals surface area contributed by atoms with Crippen LogP contribution in [0.25, 0.3) is 0 Å². The summed E-state index contributed by atoms with van der Waals surface area (Å²) in [6.07, 6.45) is 4.05. The van der Waals surface area contributed by atoms with Gasteiger partial charge in [-0.3, -0.25) is 0 Å². The van der Waals surface area contributed by atoms with Crippen LogP contribution < -0.4 is 10.4 Å². The minimum Gasteiger partial charge on any atom is -0.0654 e. The van der Waals surface area contributed by atoms with E-state index < -0.39 is 8.80 Å². The molecule has 2 aromatic rings. The Kier molecular flexibility index (Phi) is 5.22. The summed E-state index contributed by atoms with van der Waals surface area (Å²) >= 11 is 0. The van der Waals surface area contributed by atoms with Crippen molar-refractivity contribution in [1.82, 2.24) is 0 Å². The summed E-state index contributed by atoms with van der Waals surface area (Å²) in [5, 5.41) is 3.17. The largest absolute Gasteiger partial charge is 0.103 e. The molecule has 2 aromatic carbocycles. The van der Waals surface area contributed by atoms with E-state index in [1.54, 1.807) is 10.4 Å². The lowest BCUT2D eigenvalue weighted by Gasteiger charge is -2.16. The van der Waals surface area contributed by atoms with E-state index >= 15 is 0 Å². The van der Waals surface area contributed by atoms with Gasteiger partial charge in [0.2, 0.25) is 0 Å². The van der Waals surface area contributed by atoms with E-state index in [1.165, 1.54) is 25.3 Å². The first-order valence-electron chi connectivity index (χ1n) is 7.01. The molecule has 0 aliphatic carbocycles. The highest BCUT2D eigenvalue weighted by Gasteiger charge is 2.14. The normalized spacial score (nSPS) is 10.8. The lowest BCUT2D eigenvalue weighted by Crippen LogP contribution is -2.41. The smallest absolute Gasteiger partial charge is 0.0654 e. The maximum atomic E-state index is 2.32. The molecule has 1 heteroatoms. The van der Waals surface area contributed by atoms with Crippen LogP contribution in [0.5, 0.6) is 0 Å². The van der Waals surface area contributed by atoms with Crippen LogP contribution in [0.1, 0.15) is 26.2 Å². The molecule has 0 heterocycles. The third-order valence-electron chi connectivity index (χ3n) is 3.50. The van der Waals surface area contributed by atoms with Crippen molar-refractivity contribution in [2.24, 2.45) is 0 Å². The van der Waals surface area contributed by atoms with Crippen molar-refractivity contribution in [1.29, 1.82) is 0 Å². The SMILES string of the molecule is CCCCC[SiH](c1ccccc1)c1ccccc1. The van der Waals surface area contributed by atoms with Crippen LogP contribution in [0.2, 0.25) is 6.04 Å². The fraction of sp³-hybridized carbons (Fsp3) is 0.294. The highest BCUT2D eigenvalue weighted by molar-refractivity contribution is 6.85. The fourth-order valence-electron chi connectivity index (χ4n) is 2.49. The second kappa shape index (κ2) is 7.17. The third kappa shape index (κ3) is 3.57. The highest BCUT2D eigenvalue weighted by atomic mass is 28.3. The second-order valence-electron chi connectivity index (χ2n) is 4.87. The Morgan fingerprint density at radius 1 is 0.722 bits per heavy atom. The molecule has 0 aliphatic heterocycles. The van der Waals surface area contributed by atoms with Gasteiger partial charge in [-0.15, -0.1) is 0 Å². The number of rotatable bonds is 6. The van der Waals surface area contributed by atoms with Crippen molar-refractivity contribution in [2.45, 2.75) is 32.2 Å². The molecule has 0 radical (unpaired) electrons. The van der Waals surface area contributed by atoms with Gasteiger partial charge in [0.25, 0.3) is 0 Å². The molecule has 0 nitrogen and oxygen atoms in total. The Bertz CT molecular complexity index is 396.